The lowest BCUT2D eigenvalue weighted by molar-refractivity contribution is -0.0840. The number of rotatable bonds is 2. The molecular formula is C15H21FN2O3S. The summed E-state index contributed by atoms with van der Waals surface area (Å²) in [5.41, 5.74) is 0.342. The fraction of sp³-hybridized carbons (Fsp3) is 0.600. The predicted octanol–water partition coefficient (Wildman–Crippen LogP) is 1.23. The molecule has 22 heavy (non-hydrogen) atoms. The van der Waals surface area contributed by atoms with Crippen molar-refractivity contribution in [1.29, 1.82) is 0 Å². The Bertz CT molecular complexity index is 665. The molecule has 3 rings (SSSR count). The molecule has 0 unspecified atom stereocenters. The minimum absolute atomic E-state index is 0.0822. The lowest BCUT2D eigenvalue weighted by Gasteiger charge is -2.45. The highest BCUT2D eigenvalue weighted by molar-refractivity contribution is 7.89. The fourth-order valence-corrected chi connectivity index (χ4v) is 4.72. The molecule has 2 aliphatic rings. The molecule has 0 radical (unpaired) electrons. The van der Waals surface area contributed by atoms with Crippen LogP contribution in [0.4, 0.5) is 4.39 Å². The SMILES string of the molecule is Cc1cc(S(=O)(=O)N2CC[C@@H]3OCCN(C)[C@H]3C2)ccc1F. The van der Waals surface area contributed by atoms with Crippen LogP contribution in [0.15, 0.2) is 23.1 Å². The molecular weight excluding hydrogens is 307 g/mol. The molecule has 0 saturated carbocycles. The topological polar surface area (TPSA) is 49.9 Å². The average Bonchev–Trinajstić information content (AvgIpc) is 2.50. The van der Waals surface area contributed by atoms with Gasteiger partial charge in [0, 0.05) is 25.7 Å². The maximum absolute atomic E-state index is 13.4. The van der Waals surface area contributed by atoms with Crippen LogP contribution in [-0.2, 0) is 14.8 Å². The number of halogens is 1. The highest BCUT2D eigenvalue weighted by Crippen LogP contribution is 2.27. The number of aryl methyl sites for hydroxylation is 1. The molecule has 0 aliphatic carbocycles. The van der Waals surface area contributed by atoms with Crippen molar-refractivity contribution in [2.75, 3.05) is 33.3 Å². The number of sulfonamides is 1. The van der Waals surface area contributed by atoms with Gasteiger partial charge >= 0.3 is 0 Å². The number of piperidine rings is 1. The van der Waals surface area contributed by atoms with Gasteiger partial charge in [-0.3, -0.25) is 4.90 Å². The lowest BCUT2D eigenvalue weighted by atomic mass is 10.0. The second-order valence-electron chi connectivity index (χ2n) is 6.02. The molecule has 0 aromatic heterocycles. The van der Waals surface area contributed by atoms with Gasteiger partial charge in [-0.15, -0.1) is 0 Å². The van der Waals surface area contributed by atoms with E-state index >= 15 is 0 Å². The summed E-state index contributed by atoms with van der Waals surface area (Å²) in [5.74, 6) is -0.391. The smallest absolute Gasteiger partial charge is 0.243 e. The summed E-state index contributed by atoms with van der Waals surface area (Å²) in [6.45, 7) is 3.93. The minimum atomic E-state index is -3.59. The van der Waals surface area contributed by atoms with Crippen LogP contribution in [0.1, 0.15) is 12.0 Å². The normalized spacial score (nSPS) is 27.6. The Hall–Kier alpha value is -1.02. The summed E-state index contributed by atoms with van der Waals surface area (Å²) < 4.78 is 46.2. The van der Waals surface area contributed by atoms with Crippen molar-refractivity contribution < 1.29 is 17.5 Å². The van der Waals surface area contributed by atoms with Crippen molar-refractivity contribution in [3.8, 4) is 0 Å². The molecule has 0 spiro atoms. The third-order valence-corrected chi connectivity index (χ3v) is 6.45. The monoisotopic (exact) mass is 328 g/mol. The molecule has 1 aromatic rings. The van der Waals surface area contributed by atoms with Crippen LogP contribution in [0.3, 0.4) is 0 Å². The average molecular weight is 328 g/mol. The van der Waals surface area contributed by atoms with Gasteiger partial charge in [-0.1, -0.05) is 0 Å². The maximum Gasteiger partial charge on any atom is 0.243 e. The standard InChI is InChI=1S/C15H21FN2O3S/c1-11-9-12(3-4-13(11)16)22(19,20)18-6-5-15-14(10-18)17(2)7-8-21-15/h3-4,9,14-15H,5-8,10H2,1-2H3/t14-,15-/m0/s1. The number of likely N-dealkylation sites (N-methyl/N-ethyl adjacent to an activating group) is 1. The Morgan fingerprint density at radius 1 is 1.32 bits per heavy atom. The molecule has 2 atom stereocenters. The van der Waals surface area contributed by atoms with Gasteiger partial charge in [0.15, 0.2) is 0 Å². The van der Waals surface area contributed by atoms with Gasteiger partial charge in [-0.25, -0.2) is 12.8 Å². The lowest BCUT2D eigenvalue weighted by Crippen LogP contribution is -2.59. The largest absolute Gasteiger partial charge is 0.375 e. The first-order valence-electron chi connectivity index (χ1n) is 7.48. The van der Waals surface area contributed by atoms with E-state index < -0.39 is 15.8 Å². The molecule has 5 nitrogen and oxygen atoms in total. The zero-order valence-electron chi connectivity index (χ0n) is 12.8. The van der Waals surface area contributed by atoms with Crippen molar-refractivity contribution in [2.24, 2.45) is 0 Å². The second kappa shape index (κ2) is 5.88. The third kappa shape index (κ3) is 2.78. The highest BCUT2D eigenvalue weighted by atomic mass is 32.2. The summed E-state index contributed by atoms with van der Waals surface area (Å²) in [6, 6.07) is 4.03. The molecule has 7 heteroatoms. The quantitative estimate of drug-likeness (QED) is 0.819. The zero-order valence-corrected chi connectivity index (χ0v) is 13.6. The van der Waals surface area contributed by atoms with E-state index in [0.29, 0.717) is 31.7 Å². The maximum atomic E-state index is 13.4. The molecule has 2 aliphatic heterocycles. The van der Waals surface area contributed by atoms with Gasteiger partial charge in [0.25, 0.3) is 0 Å². The number of morpholine rings is 1. The highest BCUT2D eigenvalue weighted by Gasteiger charge is 2.39. The predicted molar refractivity (Wildman–Crippen MR) is 80.7 cm³/mol. The number of hydrogen-bond acceptors (Lipinski definition) is 4. The van der Waals surface area contributed by atoms with E-state index in [0.717, 1.165) is 6.54 Å². The molecule has 1 aromatic carbocycles. The first-order valence-corrected chi connectivity index (χ1v) is 8.92. The van der Waals surface area contributed by atoms with Crippen molar-refractivity contribution in [1.82, 2.24) is 9.21 Å². The first kappa shape index (κ1) is 15.9. The summed E-state index contributed by atoms with van der Waals surface area (Å²) in [5, 5.41) is 0. The van der Waals surface area contributed by atoms with Crippen molar-refractivity contribution in [2.45, 2.75) is 30.4 Å². The van der Waals surface area contributed by atoms with Crippen LogP contribution in [-0.4, -0.2) is 63.1 Å². The van der Waals surface area contributed by atoms with E-state index in [2.05, 4.69) is 4.90 Å². The number of hydrogen-bond donors (Lipinski definition) is 0. The Balaban J connectivity index is 1.84. The number of nitrogens with zero attached hydrogens (tertiary/aromatic N) is 2. The molecule has 0 bridgehead atoms. The van der Waals surface area contributed by atoms with E-state index in [-0.39, 0.29) is 17.0 Å². The summed E-state index contributed by atoms with van der Waals surface area (Å²) in [4.78, 5) is 2.32. The second-order valence-corrected chi connectivity index (χ2v) is 7.96. The van der Waals surface area contributed by atoms with Gasteiger partial charge in [0.1, 0.15) is 5.82 Å². The first-order chi connectivity index (χ1) is 10.4. The Kier molecular flexibility index (Phi) is 4.24. The van der Waals surface area contributed by atoms with Gasteiger partial charge in [0.2, 0.25) is 10.0 Å². The van der Waals surface area contributed by atoms with Crippen LogP contribution in [0.2, 0.25) is 0 Å². The molecule has 2 saturated heterocycles. The van der Waals surface area contributed by atoms with Crippen LogP contribution in [0, 0.1) is 12.7 Å². The summed E-state index contributed by atoms with van der Waals surface area (Å²) >= 11 is 0. The van der Waals surface area contributed by atoms with E-state index in [9.17, 15) is 12.8 Å². The van der Waals surface area contributed by atoms with Crippen LogP contribution in [0.5, 0.6) is 0 Å². The van der Waals surface area contributed by atoms with Gasteiger partial charge in [-0.05, 0) is 44.2 Å². The zero-order chi connectivity index (χ0) is 15.9. The molecule has 122 valence electrons. The third-order valence-electron chi connectivity index (χ3n) is 4.59. The van der Waals surface area contributed by atoms with Crippen LogP contribution < -0.4 is 0 Å². The fourth-order valence-electron chi connectivity index (χ4n) is 3.16. The Morgan fingerprint density at radius 3 is 2.82 bits per heavy atom. The van der Waals surface area contributed by atoms with Crippen LogP contribution >= 0.6 is 0 Å². The van der Waals surface area contributed by atoms with Crippen molar-refractivity contribution >= 4 is 10.0 Å². The molecule has 2 heterocycles. The van der Waals surface area contributed by atoms with Crippen molar-refractivity contribution in [3.05, 3.63) is 29.6 Å². The van der Waals surface area contributed by atoms with E-state index in [4.69, 9.17) is 4.74 Å². The Morgan fingerprint density at radius 2 is 2.09 bits per heavy atom. The van der Waals surface area contributed by atoms with Crippen LogP contribution in [0.25, 0.3) is 0 Å². The number of fused-ring (bicyclic) bond motifs is 1. The number of benzene rings is 1. The summed E-state index contributed by atoms with van der Waals surface area (Å²) in [6.07, 6.45) is 0.786. The number of ether oxygens (including phenoxy) is 1. The van der Waals surface area contributed by atoms with Gasteiger partial charge in [0.05, 0.1) is 17.6 Å². The molecule has 0 N–H and O–H groups in total. The Labute approximate surface area is 130 Å². The van der Waals surface area contributed by atoms with Gasteiger partial charge < -0.3 is 4.74 Å². The minimum Gasteiger partial charge on any atom is -0.375 e. The van der Waals surface area contributed by atoms with E-state index in [1.165, 1.54) is 22.5 Å². The molecule has 0 amide bonds. The molecule has 2 fully saturated rings. The van der Waals surface area contributed by atoms with E-state index in [1.54, 1.807) is 6.92 Å². The van der Waals surface area contributed by atoms with E-state index in [1.807, 2.05) is 7.05 Å². The van der Waals surface area contributed by atoms with Gasteiger partial charge in [-0.2, -0.15) is 4.31 Å². The van der Waals surface area contributed by atoms with Crippen molar-refractivity contribution in [3.63, 3.8) is 0 Å². The summed E-state index contributed by atoms with van der Waals surface area (Å²) in [7, 11) is -1.59.